The highest BCUT2D eigenvalue weighted by Gasteiger charge is 2.10. The van der Waals surface area contributed by atoms with Gasteiger partial charge in [-0.15, -0.1) is 0 Å². The largest absolute Gasteiger partial charge is 0.496 e. The third-order valence-corrected chi connectivity index (χ3v) is 3.46. The Bertz CT molecular complexity index is 664. The van der Waals surface area contributed by atoms with E-state index in [1.807, 2.05) is 0 Å². The van der Waals surface area contributed by atoms with Gasteiger partial charge in [0.25, 0.3) is 5.91 Å². The molecule has 2 rings (SSSR count). The van der Waals surface area contributed by atoms with Crippen LogP contribution in [0.4, 0.5) is 11.5 Å². The molecule has 104 valence electrons. The average Bonchev–Trinajstić information content (AvgIpc) is 2.42. The first-order valence-electron chi connectivity index (χ1n) is 5.57. The maximum Gasteiger partial charge on any atom is 0.257 e. The summed E-state index contributed by atoms with van der Waals surface area (Å²) in [5.41, 5.74) is 6.45. The van der Waals surface area contributed by atoms with Crippen molar-refractivity contribution in [2.75, 3.05) is 18.2 Å². The van der Waals surface area contributed by atoms with Gasteiger partial charge in [-0.25, -0.2) is 4.98 Å². The van der Waals surface area contributed by atoms with Crippen LogP contribution in [0.15, 0.2) is 34.9 Å². The Labute approximate surface area is 129 Å². The van der Waals surface area contributed by atoms with Crippen molar-refractivity contribution >= 4 is 44.9 Å². The third kappa shape index (κ3) is 3.20. The number of carbonyl (C=O) groups excluding carboxylic acids is 1. The molecule has 0 saturated heterocycles. The van der Waals surface area contributed by atoms with Crippen molar-refractivity contribution in [3.63, 3.8) is 0 Å². The van der Waals surface area contributed by atoms with E-state index >= 15 is 0 Å². The van der Waals surface area contributed by atoms with Crippen molar-refractivity contribution in [3.8, 4) is 5.75 Å². The van der Waals surface area contributed by atoms with Crippen molar-refractivity contribution in [2.45, 2.75) is 0 Å². The normalized spacial score (nSPS) is 10.2. The van der Waals surface area contributed by atoms with Gasteiger partial charge < -0.3 is 15.8 Å². The number of pyridine rings is 1. The molecule has 0 saturated carbocycles. The summed E-state index contributed by atoms with van der Waals surface area (Å²) in [6.45, 7) is 0. The Hall–Kier alpha value is -1.79. The van der Waals surface area contributed by atoms with Gasteiger partial charge in [0.2, 0.25) is 0 Å². The number of benzene rings is 1. The number of carbonyl (C=O) groups is 1. The minimum atomic E-state index is -0.323. The van der Waals surface area contributed by atoms with E-state index in [0.717, 1.165) is 4.47 Å². The lowest BCUT2D eigenvalue weighted by Gasteiger charge is -2.08. The first kappa shape index (κ1) is 14.6. The molecule has 20 heavy (non-hydrogen) atoms. The van der Waals surface area contributed by atoms with E-state index in [1.54, 1.807) is 25.3 Å². The summed E-state index contributed by atoms with van der Waals surface area (Å²) in [5.74, 6) is 0.548. The molecule has 0 atom stereocenters. The molecule has 0 spiro atoms. The van der Waals surface area contributed by atoms with Gasteiger partial charge in [-0.2, -0.15) is 0 Å². The van der Waals surface area contributed by atoms with E-state index in [9.17, 15) is 4.79 Å². The zero-order valence-corrected chi connectivity index (χ0v) is 12.8. The van der Waals surface area contributed by atoms with Crippen LogP contribution in [0.1, 0.15) is 10.4 Å². The average molecular weight is 357 g/mol. The van der Waals surface area contributed by atoms with Crippen LogP contribution < -0.4 is 15.8 Å². The van der Waals surface area contributed by atoms with E-state index < -0.39 is 0 Å². The second-order valence-electron chi connectivity index (χ2n) is 3.89. The number of ether oxygens (including phenoxy) is 1. The van der Waals surface area contributed by atoms with Gasteiger partial charge in [0.15, 0.2) is 0 Å². The SMILES string of the molecule is COc1ccc(NC(=O)c2cnc(N)c(Cl)c2)cc1Br. The molecule has 7 heteroatoms. The molecule has 1 aromatic heterocycles. The number of nitrogen functional groups attached to an aromatic ring is 1. The van der Waals surface area contributed by atoms with Crippen molar-refractivity contribution in [1.82, 2.24) is 4.98 Å². The Balaban J connectivity index is 2.19. The molecule has 0 unspecified atom stereocenters. The number of nitrogens with zero attached hydrogens (tertiary/aromatic N) is 1. The van der Waals surface area contributed by atoms with Crippen LogP contribution >= 0.6 is 27.5 Å². The number of rotatable bonds is 3. The van der Waals surface area contributed by atoms with Crippen molar-refractivity contribution in [3.05, 3.63) is 45.5 Å². The molecule has 5 nitrogen and oxygen atoms in total. The molecule has 2 aromatic rings. The lowest BCUT2D eigenvalue weighted by Crippen LogP contribution is -2.12. The molecule has 0 fully saturated rings. The van der Waals surface area contributed by atoms with Gasteiger partial charge in [0.05, 0.1) is 22.2 Å². The van der Waals surface area contributed by atoms with Crippen molar-refractivity contribution < 1.29 is 9.53 Å². The zero-order valence-electron chi connectivity index (χ0n) is 10.5. The lowest BCUT2D eigenvalue weighted by molar-refractivity contribution is 0.102. The molecule has 0 aliphatic carbocycles. The molecule has 0 bridgehead atoms. The van der Waals surface area contributed by atoms with E-state index in [4.69, 9.17) is 22.1 Å². The minimum Gasteiger partial charge on any atom is -0.496 e. The summed E-state index contributed by atoms with van der Waals surface area (Å²) in [6, 6.07) is 6.68. The van der Waals surface area contributed by atoms with Gasteiger partial charge in [0.1, 0.15) is 11.6 Å². The number of hydrogen-bond acceptors (Lipinski definition) is 4. The Morgan fingerprint density at radius 1 is 1.45 bits per heavy atom. The highest BCUT2D eigenvalue weighted by molar-refractivity contribution is 9.10. The molecular weight excluding hydrogens is 346 g/mol. The number of nitrogens with two attached hydrogens (primary N) is 1. The molecule has 3 N–H and O–H groups in total. The number of anilines is 2. The molecule has 1 aromatic carbocycles. The van der Waals surface area contributed by atoms with Gasteiger partial charge >= 0.3 is 0 Å². The van der Waals surface area contributed by atoms with Gasteiger partial charge in [-0.1, -0.05) is 11.6 Å². The fourth-order valence-electron chi connectivity index (χ4n) is 1.52. The van der Waals surface area contributed by atoms with Crippen molar-refractivity contribution in [2.24, 2.45) is 0 Å². The summed E-state index contributed by atoms with van der Waals surface area (Å²) in [7, 11) is 1.57. The summed E-state index contributed by atoms with van der Waals surface area (Å²) in [5, 5.41) is 2.98. The zero-order chi connectivity index (χ0) is 14.7. The monoisotopic (exact) mass is 355 g/mol. The summed E-state index contributed by atoms with van der Waals surface area (Å²) >= 11 is 9.18. The number of halogens is 2. The molecule has 1 heterocycles. The van der Waals surface area contributed by atoms with E-state index in [0.29, 0.717) is 17.0 Å². The van der Waals surface area contributed by atoms with Crippen LogP contribution in [0, 0.1) is 0 Å². The second kappa shape index (κ2) is 6.11. The molecule has 0 radical (unpaired) electrons. The first-order chi connectivity index (χ1) is 9.51. The fraction of sp³-hybridized carbons (Fsp3) is 0.0769. The summed E-state index contributed by atoms with van der Waals surface area (Å²) < 4.78 is 5.86. The van der Waals surface area contributed by atoms with Crippen LogP contribution in [0.25, 0.3) is 0 Å². The second-order valence-corrected chi connectivity index (χ2v) is 5.16. The van der Waals surface area contributed by atoms with Crippen LogP contribution in [-0.4, -0.2) is 18.0 Å². The van der Waals surface area contributed by atoms with Crippen LogP contribution in [0.2, 0.25) is 5.02 Å². The summed E-state index contributed by atoms with van der Waals surface area (Å²) in [4.78, 5) is 15.9. The minimum absolute atomic E-state index is 0.190. The van der Waals surface area contributed by atoms with Crippen LogP contribution in [-0.2, 0) is 0 Å². The number of aromatic nitrogens is 1. The summed E-state index contributed by atoms with van der Waals surface area (Å²) in [6.07, 6.45) is 1.37. The maximum atomic E-state index is 12.0. The fourth-order valence-corrected chi connectivity index (χ4v) is 2.23. The number of methoxy groups -OCH3 is 1. The standard InChI is InChI=1S/C13H11BrClN3O2/c1-20-11-3-2-8(5-9(11)14)18-13(19)7-4-10(15)12(16)17-6-7/h2-6H,1H3,(H2,16,17)(H,18,19). The van der Waals surface area contributed by atoms with E-state index in [1.165, 1.54) is 12.3 Å². The molecule has 1 amide bonds. The quantitative estimate of drug-likeness (QED) is 0.884. The predicted molar refractivity (Wildman–Crippen MR) is 82.3 cm³/mol. The molecular formula is C13H11BrClN3O2. The molecule has 0 aliphatic rings. The lowest BCUT2D eigenvalue weighted by atomic mass is 10.2. The first-order valence-corrected chi connectivity index (χ1v) is 6.74. The van der Waals surface area contributed by atoms with Crippen LogP contribution in [0.5, 0.6) is 5.75 Å². The topological polar surface area (TPSA) is 77.2 Å². The van der Waals surface area contributed by atoms with E-state index in [-0.39, 0.29) is 16.7 Å². The Kier molecular flexibility index (Phi) is 4.46. The molecule has 0 aliphatic heterocycles. The Morgan fingerprint density at radius 3 is 2.80 bits per heavy atom. The van der Waals surface area contributed by atoms with Gasteiger partial charge in [-0.05, 0) is 40.2 Å². The predicted octanol–water partition coefficient (Wildman–Crippen LogP) is 3.34. The van der Waals surface area contributed by atoms with Gasteiger partial charge in [0, 0.05) is 11.9 Å². The van der Waals surface area contributed by atoms with E-state index in [2.05, 4.69) is 26.2 Å². The maximum absolute atomic E-state index is 12.0. The number of nitrogens with one attached hydrogen (secondary N) is 1. The Morgan fingerprint density at radius 2 is 2.20 bits per heavy atom. The highest BCUT2D eigenvalue weighted by Crippen LogP contribution is 2.28. The van der Waals surface area contributed by atoms with Gasteiger partial charge in [-0.3, -0.25) is 4.79 Å². The van der Waals surface area contributed by atoms with Crippen molar-refractivity contribution in [1.29, 1.82) is 0 Å². The van der Waals surface area contributed by atoms with Crippen LogP contribution in [0.3, 0.4) is 0 Å². The number of amides is 1. The number of hydrogen-bond donors (Lipinski definition) is 2. The smallest absolute Gasteiger partial charge is 0.257 e. The third-order valence-electron chi connectivity index (χ3n) is 2.54. The highest BCUT2D eigenvalue weighted by atomic mass is 79.9.